The number of nitriles is 2. The van der Waals surface area contributed by atoms with E-state index in [1.54, 1.807) is 36.4 Å². The molecule has 6 nitrogen and oxygen atoms in total. The van der Waals surface area contributed by atoms with E-state index in [0.29, 0.717) is 37.7 Å². The van der Waals surface area contributed by atoms with Crippen LogP contribution in [0.3, 0.4) is 0 Å². The van der Waals surface area contributed by atoms with Crippen molar-refractivity contribution < 1.29 is 14.3 Å². The molecule has 0 spiro atoms. The van der Waals surface area contributed by atoms with E-state index in [2.05, 4.69) is 11.4 Å². The Morgan fingerprint density at radius 1 is 1.14 bits per heavy atom. The highest BCUT2D eigenvalue weighted by molar-refractivity contribution is 7.16. The molecule has 2 aromatic carbocycles. The van der Waals surface area contributed by atoms with Crippen LogP contribution in [0.25, 0.3) is 6.08 Å². The summed E-state index contributed by atoms with van der Waals surface area (Å²) in [6.07, 6.45) is 5.32. The van der Waals surface area contributed by atoms with Crippen molar-refractivity contribution in [2.24, 2.45) is 0 Å². The van der Waals surface area contributed by atoms with E-state index in [1.165, 1.54) is 24.5 Å². The molecular weight excluding hydrogens is 517 g/mol. The molecule has 0 saturated heterocycles. The minimum absolute atomic E-state index is 0.0890. The summed E-state index contributed by atoms with van der Waals surface area (Å²) in [6, 6.07) is 14.4. The van der Waals surface area contributed by atoms with Gasteiger partial charge in [0.15, 0.2) is 11.5 Å². The van der Waals surface area contributed by atoms with Gasteiger partial charge in [-0.3, -0.25) is 4.79 Å². The van der Waals surface area contributed by atoms with Crippen molar-refractivity contribution in [3.05, 3.63) is 79.1 Å². The first-order valence-corrected chi connectivity index (χ1v) is 12.7. The molecule has 0 aliphatic heterocycles. The Labute approximate surface area is 223 Å². The number of rotatable bonds is 7. The van der Waals surface area contributed by atoms with E-state index < -0.39 is 5.91 Å². The monoisotopic (exact) mass is 537 g/mol. The minimum Gasteiger partial charge on any atom is -0.493 e. The van der Waals surface area contributed by atoms with Crippen LogP contribution in [0.1, 0.15) is 40.0 Å². The number of amides is 1. The summed E-state index contributed by atoms with van der Waals surface area (Å²) in [5, 5.41) is 23.6. The summed E-state index contributed by atoms with van der Waals surface area (Å²) >= 11 is 13.6. The molecule has 1 heterocycles. The average Bonchev–Trinajstić information content (AvgIpc) is 3.23. The predicted molar refractivity (Wildman–Crippen MR) is 142 cm³/mol. The zero-order valence-corrected chi connectivity index (χ0v) is 21.7. The van der Waals surface area contributed by atoms with Gasteiger partial charge >= 0.3 is 0 Å². The molecule has 0 unspecified atom stereocenters. The van der Waals surface area contributed by atoms with E-state index in [4.69, 9.17) is 32.7 Å². The van der Waals surface area contributed by atoms with Gasteiger partial charge in [-0.25, -0.2) is 0 Å². The summed E-state index contributed by atoms with van der Waals surface area (Å²) in [4.78, 5) is 14.0. The number of hydrogen-bond donors (Lipinski definition) is 1. The van der Waals surface area contributed by atoms with Crippen LogP contribution in [0.5, 0.6) is 11.5 Å². The molecule has 0 bridgehead atoms. The summed E-state index contributed by atoms with van der Waals surface area (Å²) in [5.41, 5.74) is 2.79. The first-order chi connectivity index (χ1) is 17.4. The van der Waals surface area contributed by atoms with E-state index in [0.717, 1.165) is 41.7 Å². The molecule has 9 heteroatoms. The highest BCUT2D eigenvalue weighted by Gasteiger charge is 2.22. The lowest BCUT2D eigenvalue weighted by atomic mass is 9.96. The van der Waals surface area contributed by atoms with E-state index in [9.17, 15) is 15.3 Å². The lowest BCUT2D eigenvalue weighted by molar-refractivity contribution is -0.112. The number of methoxy groups -OCH3 is 1. The first-order valence-electron chi connectivity index (χ1n) is 11.2. The number of nitrogens with zero attached hydrogens (tertiary/aromatic N) is 2. The molecular formula is C27H21Cl2N3O3S. The van der Waals surface area contributed by atoms with Crippen molar-refractivity contribution >= 4 is 51.5 Å². The number of aryl methyl sites for hydroxylation is 1. The van der Waals surface area contributed by atoms with Gasteiger partial charge in [0.25, 0.3) is 5.91 Å². The highest BCUT2D eigenvalue weighted by atomic mass is 35.5. The summed E-state index contributed by atoms with van der Waals surface area (Å²) in [6.45, 7) is 0.208. The second-order valence-corrected chi connectivity index (χ2v) is 10.0. The van der Waals surface area contributed by atoms with Crippen molar-refractivity contribution in [2.45, 2.75) is 32.3 Å². The van der Waals surface area contributed by atoms with Gasteiger partial charge < -0.3 is 14.8 Å². The zero-order chi connectivity index (χ0) is 25.7. The molecule has 0 atom stereocenters. The van der Waals surface area contributed by atoms with Gasteiger partial charge in [0.05, 0.1) is 12.7 Å². The van der Waals surface area contributed by atoms with Gasteiger partial charge in [0, 0.05) is 20.5 Å². The fourth-order valence-electron chi connectivity index (χ4n) is 3.95. The molecule has 3 aromatic rings. The highest BCUT2D eigenvalue weighted by Crippen LogP contribution is 2.38. The molecule has 0 fully saturated rings. The van der Waals surface area contributed by atoms with Crippen LogP contribution in [0, 0.1) is 22.7 Å². The zero-order valence-electron chi connectivity index (χ0n) is 19.4. The largest absolute Gasteiger partial charge is 0.493 e. The van der Waals surface area contributed by atoms with Gasteiger partial charge in [-0.2, -0.15) is 10.5 Å². The number of carbonyl (C=O) groups excluding carboxylic acids is 1. The van der Waals surface area contributed by atoms with Crippen LogP contribution in [0.2, 0.25) is 10.0 Å². The Morgan fingerprint density at radius 3 is 2.67 bits per heavy atom. The van der Waals surface area contributed by atoms with Crippen molar-refractivity contribution in [2.75, 3.05) is 12.4 Å². The van der Waals surface area contributed by atoms with Gasteiger partial charge in [0.1, 0.15) is 29.3 Å². The molecule has 1 aliphatic carbocycles. The Bertz CT molecular complexity index is 1430. The topological polar surface area (TPSA) is 95.1 Å². The second kappa shape index (κ2) is 11.5. The number of anilines is 1. The smallest absolute Gasteiger partial charge is 0.266 e. The third-order valence-corrected chi connectivity index (χ3v) is 7.57. The molecule has 4 rings (SSSR count). The third kappa shape index (κ3) is 5.66. The Balaban J connectivity index is 1.51. The van der Waals surface area contributed by atoms with E-state index >= 15 is 0 Å². The Kier molecular flexibility index (Phi) is 8.18. The lowest BCUT2D eigenvalue weighted by Gasteiger charge is -2.12. The number of thiophene rings is 1. The number of fused-ring (bicyclic) bond motifs is 1. The standard InChI is InChI=1S/C27H21Cl2N3O3S/c1-34-24-11-16(6-9-23(24)35-15-17-7-8-19(28)12-22(17)29)10-18(13-30)26(33)32-27-21(14-31)20-4-2-3-5-25(20)36-27/h6-12H,2-5,15H2,1H3,(H,32,33)/b18-10+. The van der Waals surface area contributed by atoms with Gasteiger partial charge in [0.2, 0.25) is 0 Å². The number of hydrogen-bond acceptors (Lipinski definition) is 6. The van der Waals surface area contributed by atoms with Gasteiger partial charge in [-0.15, -0.1) is 11.3 Å². The van der Waals surface area contributed by atoms with Crippen molar-refractivity contribution in [1.82, 2.24) is 0 Å². The summed E-state index contributed by atoms with van der Waals surface area (Å²) < 4.78 is 11.3. The predicted octanol–water partition coefficient (Wildman–Crippen LogP) is 6.94. The average molecular weight is 538 g/mol. The molecule has 1 N–H and O–H groups in total. The Hall–Kier alpha value is -3.49. The molecule has 1 aliphatic rings. The molecule has 0 saturated carbocycles. The molecule has 1 amide bonds. The fourth-order valence-corrected chi connectivity index (χ4v) is 5.64. The van der Waals surface area contributed by atoms with Crippen LogP contribution >= 0.6 is 34.5 Å². The maximum Gasteiger partial charge on any atom is 0.266 e. The number of carbonyl (C=O) groups is 1. The Morgan fingerprint density at radius 2 is 1.94 bits per heavy atom. The molecule has 1 aromatic heterocycles. The normalized spacial score (nSPS) is 12.8. The molecule has 36 heavy (non-hydrogen) atoms. The third-order valence-electron chi connectivity index (χ3n) is 5.77. The van der Waals surface area contributed by atoms with Crippen molar-refractivity contribution in [3.8, 4) is 23.6 Å². The number of halogens is 2. The van der Waals surface area contributed by atoms with Crippen LogP contribution in [-0.2, 0) is 24.2 Å². The summed E-state index contributed by atoms with van der Waals surface area (Å²) in [7, 11) is 1.50. The lowest BCUT2D eigenvalue weighted by Crippen LogP contribution is -2.13. The summed E-state index contributed by atoms with van der Waals surface area (Å²) in [5.74, 6) is 0.347. The number of ether oxygens (including phenoxy) is 2. The minimum atomic E-state index is -0.565. The molecule has 0 radical (unpaired) electrons. The number of benzene rings is 2. The first kappa shape index (κ1) is 25.6. The van der Waals surface area contributed by atoms with E-state index in [-0.39, 0.29) is 12.2 Å². The second-order valence-electron chi connectivity index (χ2n) is 8.09. The van der Waals surface area contributed by atoms with Crippen molar-refractivity contribution in [3.63, 3.8) is 0 Å². The fraction of sp³-hybridized carbons (Fsp3) is 0.222. The maximum atomic E-state index is 12.9. The maximum absolute atomic E-state index is 12.9. The van der Waals surface area contributed by atoms with E-state index in [1.807, 2.05) is 6.07 Å². The quantitative estimate of drug-likeness (QED) is 0.260. The van der Waals surface area contributed by atoms with Crippen LogP contribution in [0.4, 0.5) is 5.00 Å². The SMILES string of the molecule is COc1cc(/C=C(\C#N)C(=O)Nc2sc3c(c2C#N)CCCC3)ccc1OCc1ccc(Cl)cc1Cl. The van der Waals surface area contributed by atoms with Gasteiger partial charge in [-0.05, 0) is 67.2 Å². The van der Waals surface area contributed by atoms with Crippen LogP contribution in [0.15, 0.2) is 42.0 Å². The number of nitrogens with one attached hydrogen (secondary N) is 1. The van der Waals surface area contributed by atoms with Crippen LogP contribution in [-0.4, -0.2) is 13.0 Å². The van der Waals surface area contributed by atoms with Crippen LogP contribution < -0.4 is 14.8 Å². The van der Waals surface area contributed by atoms with Gasteiger partial charge in [-0.1, -0.05) is 35.3 Å². The van der Waals surface area contributed by atoms with Crippen molar-refractivity contribution in [1.29, 1.82) is 10.5 Å². The molecule has 182 valence electrons.